The second-order valence-corrected chi connectivity index (χ2v) is 11.2. The van der Waals surface area contributed by atoms with Crippen molar-refractivity contribution >= 4 is 23.2 Å². The number of hydrogen-bond acceptors (Lipinski definition) is 10. The Kier molecular flexibility index (Phi) is 7.02. The van der Waals surface area contributed by atoms with Crippen LogP contribution in [0.4, 0.5) is 4.39 Å². The summed E-state index contributed by atoms with van der Waals surface area (Å²) >= 11 is 0. The highest BCUT2D eigenvalue weighted by atomic mass is 19.1. The summed E-state index contributed by atoms with van der Waals surface area (Å²) < 4.78 is 21.8. The summed E-state index contributed by atoms with van der Waals surface area (Å²) in [5.74, 6) is -8.30. The van der Waals surface area contributed by atoms with Crippen LogP contribution in [0.25, 0.3) is 5.76 Å². The van der Waals surface area contributed by atoms with Crippen LogP contribution in [0.15, 0.2) is 23.0 Å². The number of hydrogen-bond donors (Lipinski definition) is 5. The molecule has 5 rings (SSSR count). The summed E-state index contributed by atoms with van der Waals surface area (Å²) in [5.41, 5.74) is 1.35. The molecule has 11 nitrogen and oxygen atoms in total. The summed E-state index contributed by atoms with van der Waals surface area (Å²) in [6.07, 6.45) is 1.32. The molecule has 1 saturated heterocycles. The number of likely N-dealkylation sites (N-methyl/N-ethyl adjacent to an activating group) is 1. The minimum atomic E-state index is -2.73. The van der Waals surface area contributed by atoms with Crippen molar-refractivity contribution in [1.82, 2.24) is 9.80 Å². The SMILES string of the molecule is CCN(Cc1cc(O)c2c(c1F)C[C@H]1C[C@H]3[C@H](N(C)C)C(=O)C(C(N)=O)=C(O)[C@@]3(O)C(=O)C1=C2O)[C@H]1CCCO1. The Labute approximate surface area is 230 Å². The van der Waals surface area contributed by atoms with Crippen LogP contribution in [-0.4, -0.2) is 92.8 Å². The zero-order valence-corrected chi connectivity index (χ0v) is 22.6. The maximum absolute atomic E-state index is 16.0. The van der Waals surface area contributed by atoms with Crippen LogP contribution in [0, 0.1) is 17.7 Å². The summed E-state index contributed by atoms with van der Waals surface area (Å²) in [7, 11) is 3.04. The molecule has 0 unspecified atom stereocenters. The van der Waals surface area contributed by atoms with Crippen molar-refractivity contribution in [1.29, 1.82) is 0 Å². The van der Waals surface area contributed by atoms with Gasteiger partial charge in [0.2, 0.25) is 5.78 Å². The van der Waals surface area contributed by atoms with Crippen molar-refractivity contribution in [3.8, 4) is 5.75 Å². The standard InChI is InChI=1S/C28H34FN3O8/c1-4-32(17-6-5-7-40-17)11-13-10-16(33)19-14(21(13)29)8-12-9-15-22(31(2)3)24(35)20(27(30)38)26(37)28(15,39)25(36)18(12)23(19)34/h10,12,15,17,22,33-34,37,39H,4-9,11H2,1-3H3,(H2,30,38)/t12-,15-,17+,22-,28-/m0/s1. The quantitative estimate of drug-likeness (QED) is 0.317. The fourth-order valence-corrected chi connectivity index (χ4v) is 6.95. The Morgan fingerprint density at radius 1 is 1.25 bits per heavy atom. The molecule has 1 aromatic carbocycles. The van der Waals surface area contributed by atoms with Crippen LogP contribution >= 0.6 is 0 Å². The minimum absolute atomic E-state index is 0.0176. The lowest BCUT2D eigenvalue weighted by Gasteiger charge is -2.50. The van der Waals surface area contributed by atoms with E-state index in [1.807, 2.05) is 11.8 Å². The molecule has 216 valence electrons. The lowest BCUT2D eigenvalue weighted by molar-refractivity contribution is -0.153. The molecule has 4 aliphatic rings. The van der Waals surface area contributed by atoms with Gasteiger partial charge in [-0.15, -0.1) is 0 Å². The van der Waals surface area contributed by atoms with E-state index in [2.05, 4.69) is 0 Å². The average Bonchev–Trinajstić information content (AvgIpc) is 3.41. The van der Waals surface area contributed by atoms with Crippen molar-refractivity contribution in [3.05, 3.63) is 45.5 Å². The van der Waals surface area contributed by atoms with Gasteiger partial charge in [-0.05, 0) is 58.3 Å². The van der Waals surface area contributed by atoms with E-state index in [4.69, 9.17) is 10.5 Å². The molecule has 1 aliphatic heterocycles. The summed E-state index contributed by atoms with van der Waals surface area (Å²) in [4.78, 5) is 42.5. The molecule has 1 amide bonds. The number of aromatic hydroxyl groups is 1. The number of phenolic OH excluding ortho intramolecular Hbond substituents is 1. The zero-order chi connectivity index (χ0) is 29.3. The summed E-state index contributed by atoms with van der Waals surface area (Å²) in [6.45, 7) is 3.28. The van der Waals surface area contributed by atoms with E-state index in [0.29, 0.717) is 13.2 Å². The Morgan fingerprint density at radius 2 is 1.95 bits per heavy atom. The molecule has 2 fully saturated rings. The van der Waals surface area contributed by atoms with E-state index in [-0.39, 0.29) is 47.9 Å². The first kappa shape index (κ1) is 28.2. The average molecular weight is 560 g/mol. The number of amides is 1. The van der Waals surface area contributed by atoms with Crippen LogP contribution in [0.2, 0.25) is 0 Å². The van der Waals surface area contributed by atoms with Gasteiger partial charge in [-0.25, -0.2) is 4.39 Å². The lowest BCUT2D eigenvalue weighted by Crippen LogP contribution is -2.65. The monoisotopic (exact) mass is 559 g/mol. The van der Waals surface area contributed by atoms with Crippen LogP contribution in [0.1, 0.15) is 42.9 Å². The normalized spacial score (nSPS) is 30.2. The number of ether oxygens (including phenoxy) is 1. The third-order valence-electron chi connectivity index (χ3n) is 8.82. The van der Waals surface area contributed by atoms with Crippen LogP contribution in [-0.2, 0) is 32.1 Å². The summed E-state index contributed by atoms with van der Waals surface area (Å²) in [5, 5.41) is 44.7. The Hall–Kier alpha value is -3.32. The maximum Gasteiger partial charge on any atom is 0.255 e. The predicted octanol–water partition coefficient (Wildman–Crippen LogP) is 1.06. The zero-order valence-electron chi connectivity index (χ0n) is 22.6. The third-order valence-corrected chi connectivity index (χ3v) is 8.82. The molecule has 1 aromatic rings. The number of halogens is 1. The number of aliphatic hydroxyl groups excluding tert-OH is 2. The van der Waals surface area contributed by atoms with E-state index >= 15 is 4.39 Å². The number of benzene rings is 1. The fourth-order valence-electron chi connectivity index (χ4n) is 6.95. The second kappa shape index (κ2) is 9.95. The van der Waals surface area contributed by atoms with Gasteiger partial charge < -0.3 is 30.9 Å². The number of Topliss-reactive ketones (excluding diaryl/α,β-unsaturated/α-hetero) is 2. The third kappa shape index (κ3) is 3.96. The molecule has 0 bridgehead atoms. The van der Waals surface area contributed by atoms with Crippen molar-refractivity contribution in [2.24, 2.45) is 17.6 Å². The van der Waals surface area contributed by atoms with Gasteiger partial charge in [-0.3, -0.25) is 24.2 Å². The molecular weight excluding hydrogens is 525 g/mol. The number of carbonyl (C=O) groups is 3. The van der Waals surface area contributed by atoms with Gasteiger partial charge in [-0.2, -0.15) is 0 Å². The van der Waals surface area contributed by atoms with Gasteiger partial charge in [0.1, 0.15) is 34.9 Å². The Morgan fingerprint density at radius 3 is 2.52 bits per heavy atom. The molecular formula is C28H34FN3O8. The van der Waals surface area contributed by atoms with E-state index in [0.717, 1.165) is 12.8 Å². The van der Waals surface area contributed by atoms with Gasteiger partial charge in [-0.1, -0.05) is 6.92 Å². The first-order chi connectivity index (χ1) is 18.8. The number of aliphatic hydroxyl groups is 3. The summed E-state index contributed by atoms with van der Waals surface area (Å²) in [6, 6.07) is 0.00371. The first-order valence-corrected chi connectivity index (χ1v) is 13.4. The number of carbonyl (C=O) groups excluding carboxylic acids is 3. The van der Waals surface area contributed by atoms with Crippen molar-refractivity contribution in [3.63, 3.8) is 0 Å². The van der Waals surface area contributed by atoms with Gasteiger partial charge in [0, 0.05) is 35.8 Å². The number of phenols is 1. The molecule has 0 radical (unpaired) electrons. The van der Waals surface area contributed by atoms with Crippen LogP contribution in [0.5, 0.6) is 5.75 Å². The highest BCUT2D eigenvalue weighted by Gasteiger charge is 2.64. The van der Waals surface area contributed by atoms with E-state index < -0.39 is 69.6 Å². The number of nitrogens with two attached hydrogens (primary N) is 1. The number of fused-ring (bicyclic) bond motifs is 3. The second-order valence-electron chi connectivity index (χ2n) is 11.2. The van der Waals surface area contributed by atoms with Crippen molar-refractivity contribution < 1.29 is 43.9 Å². The molecule has 6 N–H and O–H groups in total. The number of rotatable bonds is 6. The largest absolute Gasteiger partial charge is 0.508 e. The van der Waals surface area contributed by atoms with Crippen molar-refractivity contribution in [2.45, 2.75) is 57.0 Å². The van der Waals surface area contributed by atoms with E-state index in [9.17, 15) is 34.8 Å². The smallest absolute Gasteiger partial charge is 0.255 e. The van der Waals surface area contributed by atoms with Gasteiger partial charge >= 0.3 is 0 Å². The Bertz CT molecular complexity index is 1370. The Balaban J connectivity index is 1.62. The first-order valence-electron chi connectivity index (χ1n) is 13.4. The van der Waals surface area contributed by atoms with Gasteiger partial charge in [0.15, 0.2) is 11.4 Å². The van der Waals surface area contributed by atoms with E-state index in [1.54, 1.807) is 0 Å². The lowest BCUT2D eigenvalue weighted by atomic mass is 9.57. The number of nitrogens with zero attached hydrogens (tertiary/aromatic N) is 2. The van der Waals surface area contributed by atoms with E-state index in [1.165, 1.54) is 25.1 Å². The maximum atomic E-state index is 16.0. The topological polar surface area (TPSA) is 174 Å². The van der Waals surface area contributed by atoms with Crippen molar-refractivity contribution in [2.75, 3.05) is 27.2 Å². The highest BCUT2D eigenvalue weighted by Crippen LogP contribution is 2.53. The predicted molar refractivity (Wildman–Crippen MR) is 139 cm³/mol. The molecule has 1 saturated carbocycles. The highest BCUT2D eigenvalue weighted by molar-refractivity contribution is 6.24. The molecule has 0 spiro atoms. The molecule has 3 aliphatic carbocycles. The fraction of sp³-hybridized carbons (Fsp3) is 0.536. The molecule has 5 atom stereocenters. The van der Waals surface area contributed by atoms with Gasteiger partial charge in [0.25, 0.3) is 5.91 Å². The molecule has 0 aromatic heterocycles. The van der Waals surface area contributed by atoms with Crippen LogP contribution in [0.3, 0.4) is 0 Å². The van der Waals surface area contributed by atoms with Crippen LogP contribution < -0.4 is 5.73 Å². The molecule has 12 heteroatoms. The molecule has 40 heavy (non-hydrogen) atoms. The molecule has 1 heterocycles. The minimum Gasteiger partial charge on any atom is -0.508 e. The van der Waals surface area contributed by atoms with Gasteiger partial charge in [0.05, 0.1) is 11.6 Å². The number of primary amides is 1. The number of ketones is 2.